The summed E-state index contributed by atoms with van der Waals surface area (Å²) in [6.07, 6.45) is 0. The standard InChI is InChI=1S/C15H11ClN2O3S/c1-10-5-7-13(8-6-10)22(20,21)15(18-17)14(19)11-3-2-4-12(16)9-11/h2-9H,1H3. The van der Waals surface area contributed by atoms with E-state index in [0.29, 0.717) is 0 Å². The van der Waals surface area contributed by atoms with Gasteiger partial charge in [-0.15, -0.1) is 4.79 Å². The summed E-state index contributed by atoms with van der Waals surface area (Å²) in [6, 6.07) is 11.6. The number of aryl methyl sites for hydroxylation is 1. The highest BCUT2D eigenvalue weighted by atomic mass is 35.5. The maximum atomic E-state index is 12.4. The minimum Gasteiger partial charge on any atom is -0.360 e. The van der Waals surface area contributed by atoms with E-state index in [9.17, 15) is 13.2 Å². The maximum Gasteiger partial charge on any atom is 0.456 e. The van der Waals surface area contributed by atoms with Crippen LogP contribution < -0.4 is 0 Å². The van der Waals surface area contributed by atoms with Crippen molar-refractivity contribution in [2.24, 2.45) is 0 Å². The fourth-order valence-corrected chi connectivity index (χ4v) is 3.18. The van der Waals surface area contributed by atoms with Gasteiger partial charge in [-0.25, -0.2) is 8.42 Å². The Morgan fingerprint density at radius 2 is 1.77 bits per heavy atom. The minimum absolute atomic E-state index is 0.0241. The van der Waals surface area contributed by atoms with Gasteiger partial charge in [0.05, 0.1) is 4.90 Å². The molecule has 2 aromatic rings. The van der Waals surface area contributed by atoms with Crippen LogP contribution in [-0.4, -0.2) is 24.0 Å². The zero-order valence-electron chi connectivity index (χ0n) is 11.5. The van der Waals surface area contributed by atoms with E-state index >= 15 is 0 Å². The van der Waals surface area contributed by atoms with Crippen LogP contribution in [0.3, 0.4) is 0 Å². The van der Waals surface area contributed by atoms with Crippen molar-refractivity contribution >= 4 is 32.3 Å². The van der Waals surface area contributed by atoms with Gasteiger partial charge >= 0.3 is 5.04 Å². The predicted octanol–water partition coefficient (Wildman–Crippen LogP) is 2.93. The van der Waals surface area contributed by atoms with Gasteiger partial charge in [-0.2, -0.15) is 0 Å². The molecule has 0 atom stereocenters. The van der Waals surface area contributed by atoms with Crippen LogP contribution in [0.4, 0.5) is 0 Å². The van der Waals surface area contributed by atoms with Gasteiger partial charge in [-0.3, -0.25) is 4.79 Å². The number of carbonyl (C=O) groups is 1. The quantitative estimate of drug-likeness (QED) is 0.284. The van der Waals surface area contributed by atoms with E-state index in [1.807, 2.05) is 0 Å². The lowest BCUT2D eigenvalue weighted by atomic mass is 10.1. The van der Waals surface area contributed by atoms with Crippen molar-refractivity contribution in [3.63, 3.8) is 0 Å². The lowest BCUT2D eigenvalue weighted by Gasteiger charge is -2.01. The first-order valence-corrected chi connectivity index (χ1v) is 8.06. The number of sulfone groups is 1. The molecule has 5 nitrogen and oxygen atoms in total. The number of hydrogen-bond acceptors (Lipinski definition) is 3. The van der Waals surface area contributed by atoms with Crippen LogP contribution in [0.2, 0.25) is 5.02 Å². The van der Waals surface area contributed by atoms with Crippen molar-refractivity contribution < 1.29 is 18.0 Å². The van der Waals surface area contributed by atoms with Gasteiger partial charge < -0.3 is 5.53 Å². The highest BCUT2D eigenvalue weighted by Gasteiger charge is 2.38. The second-order valence-corrected chi connectivity index (χ2v) is 6.86. The minimum atomic E-state index is -4.22. The fourth-order valence-electron chi connectivity index (χ4n) is 1.80. The van der Waals surface area contributed by atoms with Crippen LogP contribution in [0.5, 0.6) is 0 Å². The third kappa shape index (κ3) is 3.14. The summed E-state index contributed by atoms with van der Waals surface area (Å²) in [7, 11) is -4.22. The SMILES string of the molecule is Cc1ccc(S(=O)(=O)C(=[N+]=[N-])C(=O)c2cccc(Cl)c2)cc1. The molecule has 0 radical (unpaired) electrons. The Hall–Kier alpha value is -2.27. The highest BCUT2D eigenvalue weighted by Crippen LogP contribution is 2.17. The van der Waals surface area contributed by atoms with Crippen molar-refractivity contribution in [1.82, 2.24) is 0 Å². The van der Waals surface area contributed by atoms with Crippen LogP contribution in [0.25, 0.3) is 5.53 Å². The molecule has 0 aliphatic heterocycles. The molecule has 0 bridgehead atoms. The predicted molar refractivity (Wildman–Crippen MR) is 82.8 cm³/mol. The molecule has 0 saturated carbocycles. The van der Waals surface area contributed by atoms with Crippen LogP contribution in [-0.2, 0) is 9.84 Å². The average Bonchev–Trinajstić information content (AvgIpc) is 2.48. The molecule has 0 saturated heterocycles. The Balaban J connectivity index is 2.50. The first kappa shape index (κ1) is 16.1. The summed E-state index contributed by atoms with van der Waals surface area (Å²) in [5, 5.41) is -0.672. The number of nitrogens with zero attached hydrogens (tertiary/aromatic N) is 2. The molecular formula is C15H11ClN2O3S. The van der Waals surface area contributed by atoms with E-state index in [1.54, 1.807) is 25.1 Å². The molecule has 0 N–H and O–H groups in total. The smallest absolute Gasteiger partial charge is 0.360 e. The van der Waals surface area contributed by atoms with Gasteiger partial charge in [0, 0.05) is 10.6 Å². The topological polar surface area (TPSA) is 87.6 Å². The molecule has 0 aliphatic carbocycles. The summed E-state index contributed by atoms with van der Waals surface area (Å²) in [5.74, 6) is -0.925. The van der Waals surface area contributed by atoms with Crippen molar-refractivity contribution in [3.05, 3.63) is 70.2 Å². The van der Waals surface area contributed by atoms with E-state index in [4.69, 9.17) is 17.1 Å². The summed E-state index contributed by atoms with van der Waals surface area (Å²) >= 11 is 5.78. The molecule has 2 rings (SSSR count). The molecule has 112 valence electrons. The van der Waals surface area contributed by atoms with Gasteiger partial charge in [-0.1, -0.05) is 41.4 Å². The Morgan fingerprint density at radius 1 is 1.14 bits per heavy atom. The third-order valence-electron chi connectivity index (χ3n) is 2.96. The normalized spacial score (nSPS) is 10.8. The van der Waals surface area contributed by atoms with Gasteiger partial charge in [0.15, 0.2) is 0 Å². The first-order chi connectivity index (χ1) is 10.4. The molecule has 0 amide bonds. The number of ketones is 1. The number of carbonyl (C=O) groups excluding carboxylic acids is 1. The number of halogens is 1. The summed E-state index contributed by atoms with van der Waals surface area (Å²) in [5.41, 5.74) is 9.92. The van der Waals surface area contributed by atoms with E-state index in [2.05, 4.69) is 4.79 Å². The van der Waals surface area contributed by atoms with Crippen molar-refractivity contribution in [2.45, 2.75) is 11.8 Å². The van der Waals surface area contributed by atoms with E-state index in [-0.39, 0.29) is 15.5 Å². The Morgan fingerprint density at radius 3 is 2.32 bits per heavy atom. The van der Waals surface area contributed by atoms with E-state index in [0.717, 1.165) is 5.56 Å². The van der Waals surface area contributed by atoms with Crippen molar-refractivity contribution in [3.8, 4) is 0 Å². The number of rotatable bonds is 3. The van der Waals surface area contributed by atoms with Gasteiger partial charge in [0.2, 0.25) is 0 Å². The summed E-state index contributed by atoms with van der Waals surface area (Å²) < 4.78 is 24.9. The number of benzene rings is 2. The fraction of sp³-hybridized carbons (Fsp3) is 0.0667. The maximum absolute atomic E-state index is 12.4. The monoisotopic (exact) mass is 334 g/mol. The molecule has 0 spiro atoms. The van der Waals surface area contributed by atoms with E-state index in [1.165, 1.54) is 30.3 Å². The largest absolute Gasteiger partial charge is 0.456 e. The van der Waals surface area contributed by atoms with E-state index < -0.39 is 20.7 Å². The molecule has 2 aromatic carbocycles. The molecular weight excluding hydrogens is 324 g/mol. The molecule has 0 aliphatic rings. The lowest BCUT2D eigenvalue weighted by Crippen LogP contribution is -2.26. The second-order valence-electron chi connectivity index (χ2n) is 4.56. The lowest BCUT2D eigenvalue weighted by molar-refractivity contribution is -0.00158. The van der Waals surface area contributed by atoms with Gasteiger partial charge in [0.25, 0.3) is 15.6 Å². The molecule has 0 heterocycles. The Labute approximate surface area is 132 Å². The van der Waals surface area contributed by atoms with Crippen LogP contribution in [0, 0.1) is 6.92 Å². The molecule has 7 heteroatoms. The summed E-state index contributed by atoms with van der Waals surface area (Å²) in [4.78, 5) is 14.9. The molecule has 22 heavy (non-hydrogen) atoms. The molecule has 0 aromatic heterocycles. The van der Waals surface area contributed by atoms with Crippen molar-refractivity contribution in [2.75, 3.05) is 0 Å². The molecule has 0 unspecified atom stereocenters. The zero-order chi connectivity index (χ0) is 16.3. The summed E-state index contributed by atoms with van der Waals surface area (Å²) in [6.45, 7) is 1.80. The first-order valence-electron chi connectivity index (χ1n) is 6.20. The van der Waals surface area contributed by atoms with Crippen LogP contribution in [0.1, 0.15) is 15.9 Å². The number of hydrogen-bond donors (Lipinski definition) is 0. The zero-order valence-corrected chi connectivity index (χ0v) is 13.1. The van der Waals surface area contributed by atoms with Gasteiger partial charge in [0.1, 0.15) is 0 Å². The second kappa shape index (κ2) is 6.23. The Bertz CT molecular complexity index is 883. The van der Waals surface area contributed by atoms with Crippen molar-refractivity contribution in [1.29, 1.82) is 0 Å². The average molecular weight is 335 g/mol. The van der Waals surface area contributed by atoms with Crippen LogP contribution >= 0.6 is 11.6 Å². The van der Waals surface area contributed by atoms with Gasteiger partial charge in [-0.05, 0) is 31.2 Å². The Kier molecular flexibility index (Phi) is 4.56. The van der Waals surface area contributed by atoms with Crippen LogP contribution in [0.15, 0.2) is 53.4 Å². The third-order valence-corrected chi connectivity index (χ3v) is 4.86. The number of Topliss-reactive ketones (excluding diaryl/α,β-unsaturated/α-hetero) is 1. The highest BCUT2D eigenvalue weighted by molar-refractivity contribution is 8.08. The molecule has 0 fully saturated rings.